The molecule has 1 fully saturated rings. The van der Waals surface area contributed by atoms with Crippen LogP contribution in [0.25, 0.3) is 11.1 Å². The number of aromatic nitrogens is 1. The molecule has 1 aliphatic heterocycles. The SMILES string of the molecule is CC1(C)COC(C(C)(C)COC(=O)c2cccc3[nH]c(=O)oc23)OC1. The summed E-state index contributed by atoms with van der Waals surface area (Å²) in [6, 6.07) is 4.88. The zero-order valence-electron chi connectivity index (χ0n) is 14.9. The smallest absolute Gasteiger partial charge is 0.417 e. The molecule has 136 valence electrons. The van der Waals surface area contributed by atoms with Crippen molar-refractivity contribution < 1.29 is 23.4 Å². The standard InChI is InChI=1S/C18H23NO6/c1-17(2)8-23-15(24-9-17)18(3,4)10-22-14(20)11-6-5-7-12-13(11)25-16(21)19-12/h5-7,15H,8-10H2,1-4H3,(H,19,21). The Hall–Kier alpha value is -2.12. The number of para-hydroxylation sites is 1. The average Bonchev–Trinajstić information content (AvgIpc) is 2.92. The van der Waals surface area contributed by atoms with E-state index in [0.717, 1.165) is 0 Å². The summed E-state index contributed by atoms with van der Waals surface area (Å²) >= 11 is 0. The van der Waals surface area contributed by atoms with Crippen LogP contribution < -0.4 is 5.76 Å². The lowest BCUT2D eigenvalue weighted by molar-refractivity contribution is -0.267. The molecule has 0 bridgehead atoms. The Morgan fingerprint density at radius 2 is 2.00 bits per heavy atom. The molecule has 1 aromatic heterocycles. The van der Waals surface area contributed by atoms with Crippen LogP contribution in [0.4, 0.5) is 0 Å². The van der Waals surface area contributed by atoms with Crippen molar-refractivity contribution in [2.75, 3.05) is 19.8 Å². The highest BCUT2D eigenvalue weighted by Gasteiger charge is 2.39. The van der Waals surface area contributed by atoms with Crippen LogP contribution in [-0.2, 0) is 14.2 Å². The molecule has 25 heavy (non-hydrogen) atoms. The first kappa shape index (κ1) is 17.7. The summed E-state index contributed by atoms with van der Waals surface area (Å²) in [4.78, 5) is 26.3. The van der Waals surface area contributed by atoms with E-state index < -0.39 is 23.4 Å². The summed E-state index contributed by atoms with van der Waals surface area (Å²) in [5, 5.41) is 0. The minimum Gasteiger partial charge on any atom is -0.461 e. The second-order valence-corrected chi connectivity index (χ2v) is 7.88. The first-order chi connectivity index (χ1) is 11.7. The minimum atomic E-state index is -0.609. The van der Waals surface area contributed by atoms with E-state index >= 15 is 0 Å². The summed E-state index contributed by atoms with van der Waals surface area (Å²) < 4.78 is 22.1. The van der Waals surface area contributed by atoms with Gasteiger partial charge in [0.1, 0.15) is 12.2 Å². The number of rotatable bonds is 4. The largest absolute Gasteiger partial charge is 0.461 e. The number of aromatic amines is 1. The van der Waals surface area contributed by atoms with Crippen LogP contribution >= 0.6 is 0 Å². The van der Waals surface area contributed by atoms with E-state index in [1.807, 2.05) is 13.8 Å². The van der Waals surface area contributed by atoms with E-state index in [0.29, 0.717) is 18.7 Å². The molecule has 7 nitrogen and oxygen atoms in total. The van der Waals surface area contributed by atoms with E-state index in [4.69, 9.17) is 18.6 Å². The van der Waals surface area contributed by atoms with Gasteiger partial charge in [0.15, 0.2) is 11.9 Å². The molecule has 0 saturated carbocycles. The molecule has 0 amide bonds. The molecule has 0 spiro atoms. The van der Waals surface area contributed by atoms with Gasteiger partial charge in [-0.1, -0.05) is 33.8 Å². The molecule has 1 aliphatic rings. The van der Waals surface area contributed by atoms with E-state index in [9.17, 15) is 9.59 Å². The zero-order chi connectivity index (χ0) is 18.2. The van der Waals surface area contributed by atoms with Gasteiger partial charge >= 0.3 is 11.7 Å². The van der Waals surface area contributed by atoms with Gasteiger partial charge < -0.3 is 18.6 Å². The van der Waals surface area contributed by atoms with Crippen molar-refractivity contribution in [3.8, 4) is 0 Å². The first-order valence-electron chi connectivity index (χ1n) is 8.20. The molecular weight excluding hydrogens is 326 g/mol. The maximum atomic E-state index is 12.4. The molecule has 0 radical (unpaired) electrons. The number of esters is 1. The van der Waals surface area contributed by atoms with Crippen molar-refractivity contribution in [1.82, 2.24) is 4.98 Å². The van der Waals surface area contributed by atoms with E-state index in [2.05, 4.69) is 18.8 Å². The van der Waals surface area contributed by atoms with Gasteiger partial charge in [-0.05, 0) is 12.1 Å². The van der Waals surface area contributed by atoms with Crippen molar-refractivity contribution >= 4 is 17.1 Å². The third-order valence-electron chi connectivity index (χ3n) is 4.13. The highest BCUT2D eigenvalue weighted by molar-refractivity contribution is 6.00. The molecule has 1 N–H and O–H groups in total. The first-order valence-corrected chi connectivity index (χ1v) is 8.20. The van der Waals surface area contributed by atoms with E-state index in [1.165, 1.54) is 0 Å². The number of carbonyl (C=O) groups is 1. The highest BCUT2D eigenvalue weighted by Crippen LogP contribution is 2.32. The molecule has 1 aromatic carbocycles. The number of hydrogen-bond donors (Lipinski definition) is 1. The molecule has 2 heterocycles. The Kier molecular flexibility index (Phi) is 4.47. The van der Waals surface area contributed by atoms with Gasteiger partial charge in [-0.25, -0.2) is 9.59 Å². The van der Waals surface area contributed by atoms with Gasteiger partial charge in [0.05, 0.1) is 18.7 Å². The summed E-state index contributed by atoms with van der Waals surface area (Å²) in [7, 11) is 0. The maximum absolute atomic E-state index is 12.4. The Labute approximate surface area is 145 Å². The van der Waals surface area contributed by atoms with Gasteiger partial charge in [-0.15, -0.1) is 0 Å². The number of ether oxygens (including phenoxy) is 3. The van der Waals surface area contributed by atoms with Gasteiger partial charge in [0, 0.05) is 10.8 Å². The summed E-state index contributed by atoms with van der Waals surface area (Å²) in [6.07, 6.45) is -0.450. The second kappa shape index (κ2) is 6.31. The molecule has 0 atom stereocenters. The van der Waals surface area contributed by atoms with Crippen molar-refractivity contribution in [1.29, 1.82) is 0 Å². The van der Waals surface area contributed by atoms with Crippen molar-refractivity contribution in [3.05, 3.63) is 34.3 Å². The van der Waals surface area contributed by atoms with Crippen molar-refractivity contribution in [3.63, 3.8) is 0 Å². The number of hydrogen-bond acceptors (Lipinski definition) is 6. The number of H-pyrrole nitrogens is 1. The number of fused-ring (bicyclic) bond motifs is 1. The molecular formula is C18H23NO6. The predicted molar refractivity (Wildman–Crippen MR) is 90.4 cm³/mol. The second-order valence-electron chi connectivity index (χ2n) is 7.88. The van der Waals surface area contributed by atoms with Crippen LogP contribution in [0.5, 0.6) is 0 Å². The maximum Gasteiger partial charge on any atom is 0.417 e. The van der Waals surface area contributed by atoms with Crippen LogP contribution in [0, 0.1) is 10.8 Å². The van der Waals surface area contributed by atoms with Gasteiger partial charge in [0.2, 0.25) is 0 Å². The van der Waals surface area contributed by atoms with Crippen LogP contribution in [0.3, 0.4) is 0 Å². The minimum absolute atomic E-state index is 0.0231. The summed E-state index contributed by atoms with van der Waals surface area (Å²) in [6.45, 7) is 9.26. The third-order valence-corrected chi connectivity index (χ3v) is 4.13. The quantitative estimate of drug-likeness (QED) is 0.854. The fraction of sp³-hybridized carbons (Fsp3) is 0.556. The van der Waals surface area contributed by atoms with Crippen LogP contribution in [-0.4, -0.2) is 37.1 Å². The third kappa shape index (κ3) is 3.77. The Morgan fingerprint density at radius 1 is 1.32 bits per heavy atom. The van der Waals surface area contributed by atoms with Gasteiger partial charge in [0.25, 0.3) is 0 Å². The highest BCUT2D eigenvalue weighted by atomic mass is 16.7. The molecule has 2 aromatic rings. The molecule has 1 saturated heterocycles. The Morgan fingerprint density at radius 3 is 2.68 bits per heavy atom. The van der Waals surface area contributed by atoms with Crippen LogP contribution in [0.2, 0.25) is 0 Å². The Bertz CT molecular complexity index is 821. The Balaban J connectivity index is 1.68. The van der Waals surface area contributed by atoms with Crippen molar-refractivity contribution in [2.24, 2.45) is 10.8 Å². The topological polar surface area (TPSA) is 90.8 Å². The van der Waals surface area contributed by atoms with Crippen LogP contribution in [0.15, 0.2) is 27.4 Å². The molecule has 3 rings (SSSR count). The lowest BCUT2D eigenvalue weighted by atomic mass is 9.90. The number of oxazole rings is 1. The van der Waals surface area contributed by atoms with E-state index in [-0.39, 0.29) is 23.2 Å². The zero-order valence-corrected chi connectivity index (χ0v) is 14.9. The summed E-state index contributed by atoms with van der Waals surface area (Å²) in [5.41, 5.74) is 0.324. The normalized spacial score (nSPS) is 18.4. The fourth-order valence-corrected chi connectivity index (χ4v) is 2.68. The number of benzene rings is 1. The van der Waals surface area contributed by atoms with E-state index in [1.54, 1.807) is 18.2 Å². The summed E-state index contributed by atoms with van der Waals surface area (Å²) in [5.74, 6) is -1.17. The molecule has 7 heteroatoms. The molecule has 0 aliphatic carbocycles. The van der Waals surface area contributed by atoms with Crippen molar-refractivity contribution in [2.45, 2.75) is 34.0 Å². The van der Waals surface area contributed by atoms with Gasteiger partial charge in [-0.2, -0.15) is 0 Å². The molecule has 0 unspecified atom stereocenters. The van der Waals surface area contributed by atoms with Crippen LogP contribution in [0.1, 0.15) is 38.1 Å². The predicted octanol–water partition coefficient (Wildman–Crippen LogP) is 2.70. The number of carbonyl (C=O) groups excluding carboxylic acids is 1. The lowest BCUT2D eigenvalue weighted by Gasteiger charge is -2.41. The monoisotopic (exact) mass is 349 g/mol. The van der Waals surface area contributed by atoms with Gasteiger partial charge in [-0.3, -0.25) is 4.98 Å². The fourth-order valence-electron chi connectivity index (χ4n) is 2.68. The average molecular weight is 349 g/mol. The number of nitrogens with one attached hydrogen (secondary N) is 1. The lowest BCUT2D eigenvalue weighted by Crippen LogP contribution is -2.46.